The van der Waals surface area contributed by atoms with Gasteiger partial charge in [0, 0.05) is 23.2 Å². The van der Waals surface area contributed by atoms with Gasteiger partial charge in [-0.05, 0) is 69.7 Å². The highest BCUT2D eigenvalue weighted by Gasteiger charge is 2.16. The van der Waals surface area contributed by atoms with E-state index in [4.69, 9.17) is 13.9 Å². The predicted octanol–water partition coefficient (Wildman–Crippen LogP) is 4.07. The van der Waals surface area contributed by atoms with Gasteiger partial charge in [0.05, 0.1) is 11.7 Å². The van der Waals surface area contributed by atoms with Crippen molar-refractivity contribution in [3.05, 3.63) is 70.1 Å². The zero-order valence-corrected chi connectivity index (χ0v) is 17.2. The average Bonchev–Trinajstić information content (AvgIpc) is 2.67. The highest BCUT2D eigenvalue weighted by Crippen LogP contribution is 2.23. The molecule has 7 nitrogen and oxygen atoms in total. The smallest absolute Gasteiger partial charge is 0.338 e. The number of amides is 1. The largest absolute Gasteiger partial charge is 0.481 e. The van der Waals surface area contributed by atoms with Gasteiger partial charge in [0.1, 0.15) is 11.3 Å². The summed E-state index contributed by atoms with van der Waals surface area (Å²) in [5.74, 6) is -0.373. The van der Waals surface area contributed by atoms with E-state index in [0.717, 1.165) is 10.9 Å². The maximum absolute atomic E-state index is 12.5. The van der Waals surface area contributed by atoms with Crippen molar-refractivity contribution in [2.24, 2.45) is 0 Å². The first-order valence-electron chi connectivity index (χ1n) is 9.56. The molecule has 7 heteroatoms. The molecule has 1 N–H and O–H groups in total. The monoisotopic (exact) mass is 409 g/mol. The van der Waals surface area contributed by atoms with Gasteiger partial charge < -0.3 is 19.2 Å². The zero-order chi connectivity index (χ0) is 21.8. The van der Waals surface area contributed by atoms with E-state index in [0.29, 0.717) is 22.6 Å². The highest BCUT2D eigenvalue weighted by molar-refractivity contribution is 5.95. The number of carbonyl (C=O) groups is 2. The lowest BCUT2D eigenvalue weighted by Gasteiger charge is -2.15. The SMILES string of the molecule is Cc1cc(=O)oc2cc(O[C@H](C)C(=O)Nc3ccc(C(=O)OC(C)C)cc3)ccc12. The number of hydrogen-bond donors (Lipinski definition) is 1. The first-order valence-corrected chi connectivity index (χ1v) is 9.56. The Kier molecular flexibility index (Phi) is 6.20. The molecule has 0 aliphatic heterocycles. The van der Waals surface area contributed by atoms with Crippen molar-refractivity contribution >= 4 is 28.5 Å². The van der Waals surface area contributed by atoms with Gasteiger partial charge in [0.15, 0.2) is 6.10 Å². The van der Waals surface area contributed by atoms with E-state index in [1.807, 2.05) is 6.92 Å². The lowest BCUT2D eigenvalue weighted by atomic mass is 10.1. The Morgan fingerprint density at radius 2 is 1.70 bits per heavy atom. The summed E-state index contributed by atoms with van der Waals surface area (Å²) in [6.45, 7) is 6.99. The molecule has 3 aromatic rings. The molecule has 0 aliphatic carbocycles. The van der Waals surface area contributed by atoms with Crippen molar-refractivity contribution in [3.8, 4) is 5.75 Å². The molecule has 0 aliphatic rings. The summed E-state index contributed by atoms with van der Waals surface area (Å²) in [7, 11) is 0. The molecule has 1 atom stereocenters. The first kappa shape index (κ1) is 21.1. The number of hydrogen-bond acceptors (Lipinski definition) is 6. The molecule has 30 heavy (non-hydrogen) atoms. The summed E-state index contributed by atoms with van der Waals surface area (Å²) in [6, 6.07) is 12.9. The van der Waals surface area contributed by atoms with Crippen molar-refractivity contribution in [1.29, 1.82) is 0 Å². The normalized spacial score (nSPS) is 11.9. The fraction of sp³-hybridized carbons (Fsp3) is 0.261. The van der Waals surface area contributed by atoms with Crippen LogP contribution in [0.1, 0.15) is 36.7 Å². The molecule has 0 radical (unpaired) electrons. The van der Waals surface area contributed by atoms with Crippen molar-refractivity contribution < 1.29 is 23.5 Å². The van der Waals surface area contributed by atoms with Crippen molar-refractivity contribution in [1.82, 2.24) is 0 Å². The summed E-state index contributed by atoms with van der Waals surface area (Å²) in [5, 5.41) is 3.54. The number of carbonyl (C=O) groups excluding carboxylic acids is 2. The predicted molar refractivity (Wildman–Crippen MR) is 113 cm³/mol. The van der Waals surface area contributed by atoms with Crippen LogP contribution in [0.4, 0.5) is 5.69 Å². The second-order valence-corrected chi connectivity index (χ2v) is 7.19. The molecule has 0 unspecified atom stereocenters. The van der Waals surface area contributed by atoms with Crippen LogP contribution in [-0.4, -0.2) is 24.1 Å². The van der Waals surface area contributed by atoms with Crippen LogP contribution in [0, 0.1) is 6.92 Å². The quantitative estimate of drug-likeness (QED) is 0.487. The van der Waals surface area contributed by atoms with Crippen LogP contribution in [0.25, 0.3) is 11.0 Å². The highest BCUT2D eigenvalue weighted by atomic mass is 16.5. The molecule has 0 saturated carbocycles. The fourth-order valence-corrected chi connectivity index (χ4v) is 2.85. The first-order chi connectivity index (χ1) is 14.2. The van der Waals surface area contributed by atoms with E-state index in [-0.39, 0.29) is 12.0 Å². The Hall–Kier alpha value is -3.61. The number of esters is 1. The minimum atomic E-state index is -0.801. The number of aryl methyl sites for hydroxylation is 1. The van der Waals surface area contributed by atoms with Gasteiger partial charge in [-0.25, -0.2) is 9.59 Å². The Bertz CT molecular complexity index is 1130. The summed E-state index contributed by atoms with van der Waals surface area (Å²) in [5.41, 5.74) is 1.69. The van der Waals surface area contributed by atoms with Crippen LogP contribution in [-0.2, 0) is 9.53 Å². The molecule has 0 bridgehead atoms. The number of nitrogens with one attached hydrogen (secondary N) is 1. The summed E-state index contributed by atoms with van der Waals surface area (Å²) in [4.78, 5) is 35.9. The standard InChI is InChI=1S/C23H23NO6/c1-13(2)28-23(27)16-5-7-17(8-6-16)24-22(26)15(4)29-18-9-10-19-14(3)11-21(25)30-20(19)12-18/h5-13,15H,1-4H3,(H,24,26)/t15-/m1/s1. The van der Waals surface area contributed by atoms with Gasteiger partial charge in [0.2, 0.25) is 0 Å². The molecule has 3 rings (SSSR count). The molecule has 1 heterocycles. The second-order valence-electron chi connectivity index (χ2n) is 7.19. The minimum Gasteiger partial charge on any atom is -0.481 e. The number of anilines is 1. The number of rotatable bonds is 6. The van der Waals surface area contributed by atoms with Crippen molar-refractivity contribution in [2.45, 2.75) is 39.9 Å². The molecule has 156 valence electrons. The molecule has 1 aromatic heterocycles. The average molecular weight is 409 g/mol. The van der Waals surface area contributed by atoms with Gasteiger partial charge in [0.25, 0.3) is 5.91 Å². The maximum atomic E-state index is 12.5. The maximum Gasteiger partial charge on any atom is 0.338 e. The molecule has 2 aromatic carbocycles. The number of fused-ring (bicyclic) bond motifs is 1. The molecule has 1 amide bonds. The lowest BCUT2D eigenvalue weighted by molar-refractivity contribution is -0.122. The molecule has 0 fully saturated rings. The van der Waals surface area contributed by atoms with Crippen LogP contribution in [0.15, 0.2) is 57.7 Å². The van der Waals surface area contributed by atoms with E-state index in [2.05, 4.69) is 5.32 Å². The van der Waals surface area contributed by atoms with Crippen LogP contribution < -0.4 is 15.7 Å². The Morgan fingerprint density at radius 1 is 1.00 bits per heavy atom. The number of ether oxygens (including phenoxy) is 2. The number of benzene rings is 2. The molecular weight excluding hydrogens is 386 g/mol. The van der Waals surface area contributed by atoms with E-state index in [1.165, 1.54) is 6.07 Å². The van der Waals surface area contributed by atoms with Crippen LogP contribution in [0.2, 0.25) is 0 Å². The fourth-order valence-electron chi connectivity index (χ4n) is 2.85. The van der Waals surface area contributed by atoms with Gasteiger partial charge in [-0.15, -0.1) is 0 Å². The lowest BCUT2D eigenvalue weighted by Crippen LogP contribution is -2.30. The summed E-state index contributed by atoms with van der Waals surface area (Å²) >= 11 is 0. The third-order valence-electron chi connectivity index (χ3n) is 4.34. The van der Waals surface area contributed by atoms with Crippen LogP contribution in [0.5, 0.6) is 5.75 Å². The van der Waals surface area contributed by atoms with Gasteiger partial charge in [-0.2, -0.15) is 0 Å². The van der Waals surface area contributed by atoms with Gasteiger partial charge in [-0.1, -0.05) is 0 Å². The minimum absolute atomic E-state index is 0.207. The van der Waals surface area contributed by atoms with Gasteiger partial charge >= 0.3 is 11.6 Å². The van der Waals surface area contributed by atoms with E-state index >= 15 is 0 Å². The molecular formula is C23H23NO6. The molecule has 0 spiro atoms. The van der Waals surface area contributed by atoms with E-state index in [9.17, 15) is 14.4 Å². The van der Waals surface area contributed by atoms with Crippen LogP contribution in [0.3, 0.4) is 0 Å². The van der Waals surface area contributed by atoms with E-state index < -0.39 is 17.7 Å². The second kappa shape index (κ2) is 8.82. The zero-order valence-electron chi connectivity index (χ0n) is 17.2. The Labute approximate surface area is 173 Å². The third kappa shape index (κ3) is 5.05. The van der Waals surface area contributed by atoms with Crippen molar-refractivity contribution in [2.75, 3.05) is 5.32 Å². The topological polar surface area (TPSA) is 94.8 Å². The van der Waals surface area contributed by atoms with Crippen LogP contribution >= 0.6 is 0 Å². The Balaban J connectivity index is 1.65. The van der Waals surface area contributed by atoms with Gasteiger partial charge in [-0.3, -0.25) is 4.79 Å². The van der Waals surface area contributed by atoms with Crippen molar-refractivity contribution in [3.63, 3.8) is 0 Å². The summed E-state index contributed by atoms with van der Waals surface area (Å²) in [6.07, 6.45) is -1.01. The summed E-state index contributed by atoms with van der Waals surface area (Å²) < 4.78 is 16.0. The third-order valence-corrected chi connectivity index (χ3v) is 4.34. The Morgan fingerprint density at radius 3 is 2.37 bits per heavy atom. The molecule has 0 saturated heterocycles. The van der Waals surface area contributed by atoms with E-state index in [1.54, 1.807) is 63.2 Å².